The van der Waals surface area contributed by atoms with Gasteiger partial charge < -0.3 is 15.1 Å². The quantitative estimate of drug-likeness (QED) is 0.602. The number of carbonyl (C=O) groups excluding carboxylic acids is 2. The third-order valence-corrected chi connectivity index (χ3v) is 6.99. The molecule has 2 amide bonds. The summed E-state index contributed by atoms with van der Waals surface area (Å²) in [6.07, 6.45) is 5.51. The minimum Gasteiger partial charge on any atom is -0.352 e. The van der Waals surface area contributed by atoms with Crippen molar-refractivity contribution in [2.75, 3.05) is 36.4 Å². The van der Waals surface area contributed by atoms with E-state index in [1.807, 2.05) is 10.3 Å². The zero-order valence-corrected chi connectivity index (χ0v) is 18.5. The summed E-state index contributed by atoms with van der Waals surface area (Å²) in [6.45, 7) is 4.98. The molecule has 0 atom stereocenters. The molecule has 1 N–H and O–H groups in total. The maximum absolute atomic E-state index is 12.5. The smallest absolute Gasteiger partial charge is 0.226 e. The first-order chi connectivity index (χ1) is 14.6. The summed E-state index contributed by atoms with van der Waals surface area (Å²) in [5.41, 5.74) is 0. The standard InChI is InChI=1S/C20H24N6O2S2/c1-2-14-12-15-18(22-13-23-19(15)30-14)26-9-7-25(8-10-26)17(28)5-3-4-16(27)24-20-21-6-11-29-20/h6,11-13H,2-5,7-10H2,1H3,(H,21,24,27). The van der Waals surface area contributed by atoms with Crippen LogP contribution in [0, 0.1) is 0 Å². The molecule has 158 valence electrons. The molecule has 30 heavy (non-hydrogen) atoms. The van der Waals surface area contributed by atoms with E-state index in [4.69, 9.17) is 0 Å². The summed E-state index contributed by atoms with van der Waals surface area (Å²) in [6, 6.07) is 2.18. The van der Waals surface area contributed by atoms with Crippen LogP contribution in [0.25, 0.3) is 10.2 Å². The van der Waals surface area contributed by atoms with Gasteiger partial charge in [-0.25, -0.2) is 15.0 Å². The van der Waals surface area contributed by atoms with Crippen LogP contribution in [0.15, 0.2) is 24.0 Å². The van der Waals surface area contributed by atoms with Crippen molar-refractivity contribution in [2.45, 2.75) is 32.6 Å². The number of hydrogen-bond donors (Lipinski definition) is 1. The predicted molar refractivity (Wildman–Crippen MR) is 120 cm³/mol. The molecule has 8 nitrogen and oxygen atoms in total. The van der Waals surface area contributed by atoms with Gasteiger partial charge in [0.25, 0.3) is 0 Å². The third kappa shape index (κ3) is 4.76. The number of rotatable bonds is 7. The summed E-state index contributed by atoms with van der Waals surface area (Å²) >= 11 is 3.10. The molecule has 10 heteroatoms. The lowest BCUT2D eigenvalue weighted by Crippen LogP contribution is -2.49. The first-order valence-electron chi connectivity index (χ1n) is 10.1. The highest BCUT2D eigenvalue weighted by atomic mass is 32.1. The minimum absolute atomic E-state index is 0.0995. The lowest BCUT2D eigenvalue weighted by Gasteiger charge is -2.35. The number of carbonyl (C=O) groups is 2. The Morgan fingerprint density at radius 1 is 1.13 bits per heavy atom. The average Bonchev–Trinajstić information content (AvgIpc) is 3.42. The highest BCUT2D eigenvalue weighted by Gasteiger charge is 2.23. The average molecular weight is 445 g/mol. The maximum atomic E-state index is 12.5. The lowest BCUT2D eigenvalue weighted by molar-refractivity contribution is -0.131. The van der Waals surface area contributed by atoms with Crippen molar-refractivity contribution < 1.29 is 9.59 Å². The number of hydrogen-bond acceptors (Lipinski definition) is 8. The van der Waals surface area contributed by atoms with Crippen molar-refractivity contribution in [3.63, 3.8) is 0 Å². The second kappa shape index (κ2) is 9.48. The Bertz CT molecular complexity index is 1010. The lowest BCUT2D eigenvalue weighted by atomic mass is 10.2. The van der Waals surface area contributed by atoms with Gasteiger partial charge in [-0.1, -0.05) is 6.92 Å². The Balaban J connectivity index is 1.26. The number of thiazole rings is 1. The van der Waals surface area contributed by atoms with Gasteiger partial charge in [-0.2, -0.15) is 0 Å². The molecule has 0 saturated carbocycles. The second-order valence-electron chi connectivity index (χ2n) is 7.09. The van der Waals surface area contributed by atoms with Gasteiger partial charge in [0.2, 0.25) is 11.8 Å². The Morgan fingerprint density at radius 2 is 1.97 bits per heavy atom. The number of aryl methyl sites for hydroxylation is 1. The van der Waals surface area contributed by atoms with E-state index in [1.165, 1.54) is 16.2 Å². The molecule has 0 aliphatic carbocycles. The molecule has 1 saturated heterocycles. The number of nitrogens with one attached hydrogen (secondary N) is 1. The number of thiophene rings is 1. The summed E-state index contributed by atoms with van der Waals surface area (Å²) in [5.74, 6) is 0.966. The first-order valence-corrected chi connectivity index (χ1v) is 11.8. The Kier molecular flexibility index (Phi) is 6.53. The van der Waals surface area contributed by atoms with Crippen LogP contribution in [0.1, 0.15) is 31.1 Å². The Labute approximate surface area is 183 Å². The molecular formula is C20H24N6O2S2. The minimum atomic E-state index is -0.0995. The molecule has 3 aromatic rings. The van der Waals surface area contributed by atoms with Gasteiger partial charge in [0.05, 0.1) is 5.39 Å². The molecule has 4 heterocycles. The number of nitrogens with zero attached hydrogens (tertiary/aromatic N) is 5. The number of anilines is 2. The highest BCUT2D eigenvalue weighted by Crippen LogP contribution is 2.31. The topological polar surface area (TPSA) is 91.3 Å². The van der Waals surface area contributed by atoms with Gasteiger partial charge in [-0.05, 0) is 18.9 Å². The fraction of sp³-hybridized carbons (Fsp3) is 0.450. The van der Waals surface area contributed by atoms with E-state index in [-0.39, 0.29) is 11.8 Å². The van der Waals surface area contributed by atoms with Crippen molar-refractivity contribution in [1.82, 2.24) is 19.9 Å². The molecule has 0 aromatic carbocycles. The van der Waals surface area contributed by atoms with Crippen LogP contribution in [0.2, 0.25) is 0 Å². The van der Waals surface area contributed by atoms with Crippen LogP contribution in [-0.4, -0.2) is 57.8 Å². The molecule has 1 aliphatic rings. The summed E-state index contributed by atoms with van der Waals surface area (Å²) in [5, 5.41) is 6.25. The zero-order chi connectivity index (χ0) is 20.9. The maximum Gasteiger partial charge on any atom is 0.226 e. The predicted octanol–water partition coefficient (Wildman–Crippen LogP) is 3.17. The van der Waals surface area contributed by atoms with E-state index < -0.39 is 0 Å². The molecule has 3 aromatic heterocycles. The number of amides is 2. The molecular weight excluding hydrogens is 420 g/mol. The Morgan fingerprint density at radius 3 is 2.70 bits per heavy atom. The van der Waals surface area contributed by atoms with Crippen LogP contribution >= 0.6 is 22.7 Å². The molecule has 0 bridgehead atoms. The van der Waals surface area contributed by atoms with E-state index in [1.54, 1.807) is 23.9 Å². The molecule has 0 unspecified atom stereocenters. The number of fused-ring (bicyclic) bond motifs is 1. The van der Waals surface area contributed by atoms with Crippen LogP contribution in [-0.2, 0) is 16.0 Å². The summed E-state index contributed by atoms with van der Waals surface area (Å²) < 4.78 is 0. The van der Waals surface area contributed by atoms with E-state index in [2.05, 4.69) is 38.2 Å². The highest BCUT2D eigenvalue weighted by molar-refractivity contribution is 7.18. The van der Waals surface area contributed by atoms with Crippen LogP contribution < -0.4 is 10.2 Å². The van der Waals surface area contributed by atoms with Crippen LogP contribution in [0.3, 0.4) is 0 Å². The first kappa shape index (κ1) is 20.7. The fourth-order valence-corrected chi connectivity index (χ4v) is 4.99. The Hall–Kier alpha value is -2.59. The molecule has 4 rings (SSSR count). The largest absolute Gasteiger partial charge is 0.352 e. The van der Waals surface area contributed by atoms with Gasteiger partial charge in [-0.3, -0.25) is 9.59 Å². The monoisotopic (exact) mass is 444 g/mol. The normalized spacial score (nSPS) is 14.3. The summed E-state index contributed by atoms with van der Waals surface area (Å²) in [4.78, 5) is 43.8. The van der Waals surface area contributed by atoms with E-state index in [9.17, 15) is 9.59 Å². The fourth-order valence-electron chi connectivity index (χ4n) is 3.51. The van der Waals surface area contributed by atoms with Crippen molar-refractivity contribution in [2.24, 2.45) is 0 Å². The third-order valence-electron chi connectivity index (χ3n) is 5.11. The van der Waals surface area contributed by atoms with Crippen molar-refractivity contribution in [3.05, 3.63) is 28.8 Å². The van der Waals surface area contributed by atoms with Gasteiger partial charge in [0.15, 0.2) is 5.13 Å². The number of aromatic nitrogens is 3. The SMILES string of the molecule is CCc1cc2c(N3CCN(C(=O)CCCC(=O)Nc4nccs4)CC3)ncnc2s1. The van der Waals surface area contributed by atoms with E-state index in [0.29, 0.717) is 37.5 Å². The van der Waals surface area contributed by atoms with Crippen LogP contribution in [0.4, 0.5) is 10.9 Å². The van der Waals surface area contributed by atoms with Gasteiger partial charge >= 0.3 is 0 Å². The zero-order valence-electron chi connectivity index (χ0n) is 16.8. The number of piperazine rings is 1. The van der Waals surface area contributed by atoms with Crippen molar-refractivity contribution >= 4 is 55.7 Å². The van der Waals surface area contributed by atoms with E-state index in [0.717, 1.165) is 35.5 Å². The van der Waals surface area contributed by atoms with E-state index >= 15 is 0 Å². The van der Waals surface area contributed by atoms with Crippen molar-refractivity contribution in [1.29, 1.82) is 0 Å². The molecule has 1 aliphatic heterocycles. The molecule has 0 radical (unpaired) electrons. The van der Waals surface area contributed by atoms with Crippen molar-refractivity contribution in [3.8, 4) is 0 Å². The van der Waals surface area contributed by atoms with Crippen LogP contribution in [0.5, 0.6) is 0 Å². The molecule has 0 spiro atoms. The molecule has 1 fully saturated rings. The summed E-state index contributed by atoms with van der Waals surface area (Å²) in [7, 11) is 0. The van der Waals surface area contributed by atoms with Gasteiger partial charge in [-0.15, -0.1) is 22.7 Å². The second-order valence-corrected chi connectivity index (χ2v) is 9.10. The van der Waals surface area contributed by atoms with Gasteiger partial charge in [0.1, 0.15) is 17.0 Å². The van der Waals surface area contributed by atoms with Gasteiger partial charge in [0, 0.05) is 55.5 Å².